The van der Waals surface area contributed by atoms with Gasteiger partial charge in [-0.2, -0.15) is 4.31 Å². The molecule has 1 unspecified atom stereocenters. The van der Waals surface area contributed by atoms with E-state index in [9.17, 15) is 8.42 Å². The molecule has 0 radical (unpaired) electrons. The molecule has 0 spiro atoms. The van der Waals surface area contributed by atoms with E-state index in [4.69, 9.17) is 9.47 Å². The van der Waals surface area contributed by atoms with Crippen molar-refractivity contribution >= 4 is 10.0 Å². The lowest BCUT2D eigenvalue weighted by atomic mass is 10.2. The standard InChI is InChI=1S/C11H24N2O4S/c1-16-7-6-13(10-11-4-3-5-12-11)18(14,15)9-8-17-2/h11-12H,3-10H2,1-2H3. The minimum atomic E-state index is -3.26. The lowest BCUT2D eigenvalue weighted by Crippen LogP contribution is -2.44. The third-order valence-electron chi connectivity index (χ3n) is 3.07. The fourth-order valence-corrected chi connectivity index (χ4v) is 3.41. The van der Waals surface area contributed by atoms with Crippen molar-refractivity contribution in [2.24, 2.45) is 0 Å². The van der Waals surface area contributed by atoms with Gasteiger partial charge >= 0.3 is 0 Å². The van der Waals surface area contributed by atoms with E-state index in [0.717, 1.165) is 19.4 Å². The highest BCUT2D eigenvalue weighted by Crippen LogP contribution is 2.10. The van der Waals surface area contributed by atoms with Crippen LogP contribution < -0.4 is 5.32 Å². The average Bonchev–Trinajstić information content (AvgIpc) is 2.84. The van der Waals surface area contributed by atoms with Crippen LogP contribution >= 0.6 is 0 Å². The van der Waals surface area contributed by atoms with E-state index in [0.29, 0.717) is 19.7 Å². The molecular weight excluding hydrogens is 256 g/mol. The SMILES string of the molecule is COCCN(CC1CCCN1)S(=O)(=O)CCOC. The van der Waals surface area contributed by atoms with E-state index in [1.54, 1.807) is 7.11 Å². The van der Waals surface area contributed by atoms with Crippen LogP contribution in [0.5, 0.6) is 0 Å². The van der Waals surface area contributed by atoms with Gasteiger partial charge in [0.25, 0.3) is 0 Å². The van der Waals surface area contributed by atoms with Crippen molar-refractivity contribution in [1.82, 2.24) is 9.62 Å². The van der Waals surface area contributed by atoms with Crippen LogP contribution in [0.2, 0.25) is 0 Å². The number of hydrogen-bond acceptors (Lipinski definition) is 5. The van der Waals surface area contributed by atoms with Gasteiger partial charge in [-0.3, -0.25) is 0 Å². The molecule has 18 heavy (non-hydrogen) atoms. The number of hydrogen-bond donors (Lipinski definition) is 1. The Labute approximate surface area is 110 Å². The number of nitrogens with zero attached hydrogens (tertiary/aromatic N) is 1. The second kappa shape index (κ2) is 8.06. The fourth-order valence-electron chi connectivity index (χ4n) is 2.01. The van der Waals surface area contributed by atoms with Crippen LogP contribution in [0.1, 0.15) is 12.8 Å². The van der Waals surface area contributed by atoms with E-state index in [1.165, 1.54) is 11.4 Å². The summed E-state index contributed by atoms with van der Waals surface area (Å²) in [7, 11) is -0.171. The lowest BCUT2D eigenvalue weighted by molar-refractivity contribution is 0.174. The zero-order valence-corrected chi connectivity index (χ0v) is 12.0. The summed E-state index contributed by atoms with van der Waals surface area (Å²) in [4.78, 5) is 0. The van der Waals surface area contributed by atoms with Crippen LogP contribution in [-0.4, -0.2) is 71.6 Å². The summed E-state index contributed by atoms with van der Waals surface area (Å²) >= 11 is 0. The molecule has 1 N–H and O–H groups in total. The van der Waals surface area contributed by atoms with Gasteiger partial charge < -0.3 is 14.8 Å². The Morgan fingerprint density at radius 1 is 1.28 bits per heavy atom. The highest BCUT2D eigenvalue weighted by molar-refractivity contribution is 7.89. The van der Waals surface area contributed by atoms with Crippen LogP contribution in [-0.2, 0) is 19.5 Å². The van der Waals surface area contributed by atoms with Gasteiger partial charge in [0.1, 0.15) is 0 Å². The third-order valence-corrected chi connectivity index (χ3v) is 4.87. The number of methoxy groups -OCH3 is 2. The Bertz CT molecular complexity index is 315. The van der Waals surface area contributed by atoms with Crippen LogP contribution in [0.4, 0.5) is 0 Å². The Hall–Kier alpha value is -0.210. The molecule has 1 heterocycles. The van der Waals surface area contributed by atoms with Crippen molar-refractivity contribution in [2.45, 2.75) is 18.9 Å². The third kappa shape index (κ3) is 5.19. The van der Waals surface area contributed by atoms with Gasteiger partial charge in [-0.1, -0.05) is 0 Å². The molecule has 0 aromatic rings. The molecule has 0 aromatic heterocycles. The summed E-state index contributed by atoms with van der Waals surface area (Å²) in [5.41, 5.74) is 0. The molecule has 0 amide bonds. The highest BCUT2D eigenvalue weighted by atomic mass is 32.2. The first kappa shape index (κ1) is 15.8. The Morgan fingerprint density at radius 3 is 2.56 bits per heavy atom. The topological polar surface area (TPSA) is 67.9 Å². The summed E-state index contributed by atoms with van der Waals surface area (Å²) in [6.07, 6.45) is 2.14. The van der Waals surface area contributed by atoms with Crippen molar-refractivity contribution < 1.29 is 17.9 Å². The predicted molar refractivity (Wildman–Crippen MR) is 70.1 cm³/mol. The summed E-state index contributed by atoms with van der Waals surface area (Å²) < 4.78 is 35.6. The maximum Gasteiger partial charge on any atom is 0.216 e. The monoisotopic (exact) mass is 280 g/mol. The van der Waals surface area contributed by atoms with E-state index < -0.39 is 10.0 Å². The average molecular weight is 280 g/mol. The molecule has 1 atom stereocenters. The molecule has 1 fully saturated rings. The van der Waals surface area contributed by atoms with E-state index in [2.05, 4.69) is 5.32 Å². The highest BCUT2D eigenvalue weighted by Gasteiger charge is 2.26. The summed E-state index contributed by atoms with van der Waals surface area (Å²) in [5.74, 6) is 0.0277. The van der Waals surface area contributed by atoms with E-state index >= 15 is 0 Å². The van der Waals surface area contributed by atoms with Crippen molar-refractivity contribution in [2.75, 3.05) is 52.8 Å². The van der Waals surface area contributed by atoms with Crippen LogP contribution in [0.25, 0.3) is 0 Å². The van der Waals surface area contributed by atoms with Gasteiger partial charge in [0.15, 0.2) is 0 Å². The van der Waals surface area contributed by atoms with Crippen LogP contribution in [0, 0.1) is 0 Å². The molecule has 1 rings (SSSR count). The molecule has 0 bridgehead atoms. The van der Waals surface area contributed by atoms with Gasteiger partial charge in [0, 0.05) is 33.4 Å². The summed E-state index contributed by atoms with van der Waals surface area (Å²) in [6, 6.07) is 0.263. The molecule has 7 heteroatoms. The first-order chi connectivity index (χ1) is 8.60. The molecule has 1 saturated heterocycles. The number of sulfonamides is 1. The maximum absolute atomic E-state index is 12.1. The van der Waals surface area contributed by atoms with Gasteiger partial charge in [-0.25, -0.2) is 8.42 Å². The number of rotatable bonds is 9. The Kier molecular flexibility index (Phi) is 7.10. The Balaban J connectivity index is 2.57. The van der Waals surface area contributed by atoms with Gasteiger partial charge in [0.05, 0.1) is 19.0 Å². The molecule has 1 aliphatic heterocycles. The normalized spacial score (nSPS) is 20.7. The van der Waals surface area contributed by atoms with Crippen LogP contribution in [0.15, 0.2) is 0 Å². The van der Waals surface area contributed by atoms with Crippen molar-refractivity contribution in [3.05, 3.63) is 0 Å². The van der Waals surface area contributed by atoms with Gasteiger partial charge in [0.2, 0.25) is 10.0 Å². The lowest BCUT2D eigenvalue weighted by Gasteiger charge is -2.24. The molecule has 0 saturated carbocycles. The molecule has 6 nitrogen and oxygen atoms in total. The fraction of sp³-hybridized carbons (Fsp3) is 1.00. The maximum atomic E-state index is 12.1. The molecule has 0 aromatic carbocycles. The van der Waals surface area contributed by atoms with Crippen molar-refractivity contribution in [3.8, 4) is 0 Å². The second-order valence-corrected chi connectivity index (χ2v) is 6.54. The zero-order chi connectivity index (χ0) is 13.4. The first-order valence-electron chi connectivity index (χ1n) is 6.29. The molecule has 1 aliphatic rings. The minimum absolute atomic E-state index is 0.0277. The largest absolute Gasteiger partial charge is 0.384 e. The van der Waals surface area contributed by atoms with Gasteiger partial charge in [-0.05, 0) is 19.4 Å². The Morgan fingerprint density at radius 2 is 2.00 bits per heavy atom. The van der Waals surface area contributed by atoms with Crippen molar-refractivity contribution in [3.63, 3.8) is 0 Å². The number of nitrogens with one attached hydrogen (secondary N) is 1. The van der Waals surface area contributed by atoms with Gasteiger partial charge in [-0.15, -0.1) is 0 Å². The number of ether oxygens (including phenoxy) is 2. The smallest absolute Gasteiger partial charge is 0.216 e. The first-order valence-corrected chi connectivity index (χ1v) is 7.90. The summed E-state index contributed by atoms with van der Waals surface area (Å²) in [5, 5.41) is 3.31. The van der Waals surface area contributed by atoms with Crippen molar-refractivity contribution in [1.29, 1.82) is 0 Å². The van der Waals surface area contributed by atoms with Crippen LogP contribution in [0.3, 0.4) is 0 Å². The zero-order valence-electron chi connectivity index (χ0n) is 11.2. The van der Waals surface area contributed by atoms with E-state index in [1.807, 2.05) is 0 Å². The molecule has 108 valence electrons. The quantitative estimate of drug-likeness (QED) is 0.626. The molecule has 0 aliphatic carbocycles. The molecular formula is C11H24N2O4S. The predicted octanol–water partition coefficient (Wildman–Crippen LogP) is -0.337. The van der Waals surface area contributed by atoms with E-state index in [-0.39, 0.29) is 18.4 Å². The summed E-state index contributed by atoms with van der Waals surface area (Å²) in [6.45, 7) is 2.54. The minimum Gasteiger partial charge on any atom is -0.384 e. The second-order valence-electron chi connectivity index (χ2n) is 4.45.